The monoisotopic (exact) mass is 347 g/mol. The molecule has 0 spiro atoms. The summed E-state index contributed by atoms with van der Waals surface area (Å²) in [5, 5.41) is 7.92. The van der Waals surface area contributed by atoms with E-state index in [9.17, 15) is 9.59 Å². The minimum absolute atomic E-state index is 0.0618. The number of carbonyl (C=O) groups excluding carboxylic acids is 2. The van der Waals surface area contributed by atoms with E-state index in [0.717, 1.165) is 5.69 Å². The van der Waals surface area contributed by atoms with E-state index in [-0.39, 0.29) is 17.7 Å². The fourth-order valence-corrected chi connectivity index (χ4v) is 2.79. The molecule has 1 atom stereocenters. The first-order chi connectivity index (χ1) is 11.4. The lowest BCUT2D eigenvalue weighted by Crippen LogP contribution is -2.47. The van der Waals surface area contributed by atoms with Crippen LogP contribution >= 0.6 is 11.3 Å². The second kappa shape index (κ2) is 7.92. The molecule has 2 N–H and O–H groups in total. The second-order valence-corrected chi connectivity index (χ2v) is 6.57. The molecule has 24 heavy (non-hydrogen) atoms. The van der Waals surface area contributed by atoms with Crippen molar-refractivity contribution in [3.05, 3.63) is 40.9 Å². The molecule has 0 saturated heterocycles. The van der Waals surface area contributed by atoms with Crippen molar-refractivity contribution >= 4 is 28.3 Å². The summed E-state index contributed by atoms with van der Waals surface area (Å²) in [6.45, 7) is 5.62. The molecule has 6 nitrogen and oxygen atoms in total. The molecular weight excluding hydrogens is 326 g/mol. The molecule has 1 aromatic heterocycles. The van der Waals surface area contributed by atoms with Crippen molar-refractivity contribution in [3.8, 4) is 5.75 Å². The number of benzene rings is 1. The number of aromatic nitrogens is 1. The minimum Gasteiger partial charge on any atom is -0.497 e. The van der Waals surface area contributed by atoms with Gasteiger partial charge in [0.15, 0.2) is 5.13 Å². The first-order valence-corrected chi connectivity index (χ1v) is 8.46. The lowest BCUT2D eigenvalue weighted by molar-refractivity contribution is -0.118. The Bertz CT molecular complexity index is 710. The third-order valence-corrected chi connectivity index (χ3v) is 4.31. The van der Waals surface area contributed by atoms with Crippen LogP contribution < -0.4 is 15.4 Å². The molecule has 0 fully saturated rings. The van der Waals surface area contributed by atoms with Crippen molar-refractivity contribution in [1.82, 2.24) is 10.3 Å². The predicted molar refractivity (Wildman–Crippen MR) is 94.6 cm³/mol. The van der Waals surface area contributed by atoms with E-state index in [1.807, 2.05) is 26.2 Å². The lowest BCUT2D eigenvalue weighted by Gasteiger charge is -2.21. The van der Waals surface area contributed by atoms with Crippen LogP contribution in [-0.2, 0) is 4.79 Å². The van der Waals surface area contributed by atoms with Gasteiger partial charge < -0.3 is 15.4 Å². The Morgan fingerprint density at radius 2 is 1.88 bits per heavy atom. The summed E-state index contributed by atoms with van der Waals surface area (Å²) >= 11 is 1.36. The van der Waals surface area contributed by atoms with Gasteiger partial charge in [-0.2, -0.15) is 0 Å². The molecule has 0 radical (unpaired) electrons. The Morgan fingerprint density at radius 3 is 2.38 bits per heavy atom. The Hall–Kier alpha value is -2.41. The third-order valence-electron chi connectivity index (χ3n) is 3.44. The molecule has 2 rings (SSSR count). The van der Waals surface area contributed by atoms with Crippen molar-refractivity contribution in [2.45, 2.75) is 26.8 Å². The van der Waals surface area contributed by atoms with E-state index in [2.05, 4.69) is 15.6 Å². The van der Waals surface area contributed by atoms with Gasteiger partial charge in [0.1, 0.15) is 11.8 Å². The number of hydrogen-bond donors (Lipinski definition) is 2. The predicted octanol–water partition coefficient (Wildman–Crippen LogP) is 2.85. The molecule has 2 aromatic rings. The molecule has 0 aliphatic rings. The number of nitrogens with one attached hydrogen (secondary N) is 2. The van der Waals surface area contributed by atoms with Crippen molar-refractivity contribution in [3.63, 3.8) is 0 Å². The number of anilines is 1. The van der Waals surface area contributed by atoms with E-state index < -0.39 is 6.04 Å². The molecular formula is C17H21N3O3S. The molecule has 0 bridgehead atoms. The van der Waals surface area contributed by atoms with Gasteiger partial charge in [-0.05, 0) is 37.1 Å². The minimum atomic E-state index is -0.649. The summed E-state index contributed by atoms with van der Waals surface area (Å²) in [4.78, 5) is 29.0. The van der Waals surface area contributed by atoms with Gasteiger partial charge in [0.05, 0.1) is 12.8 Å². The molecule has 2 amide bonds. The summed E-state index contributed by atoms with van der Waals surface area (Å²) in [7, 11) is 1.56. The van der Waals surface area contributed by atoms with Crippen LogP contribution in [0.2, 0.25) is 0 Å². The number of ether oxygens (including phenoxy) is 1. The Balaban J connectivity index is 2.06. The van der Waals surface area contributed by atoms with Gasteiger partial charge in [-0.3, -0.25) is 9.59 Å². The number of amides is 2. The van der Waals surface area contributed by atoms with Gasteiger partial charge in [0, 0.05) is 10.9 Å². The largest absolute Gasteiger partial charge is 0.497 e. The zero-order valence-corrected chi connectivity index (χ0v) is 14.9. The van der Waals surface area contributed by atoms with Gasteiger partial charge in [-0.15, -0.1) is 11.3 Å². The SMILES string of the molecule is COc1ccc(C(=O)N[C@H](C(=O)Nc2nc(C)cs2)C(C)C)cc1. The molecule has 1 aromatic carbocycles. The van der Waals surface area contributed by atoms with Crippen LogP contribution in [0.5, 0.6) is 5.75 Å². The van der Waals surface area contributed by atoms with Crippen LogP contribution in [0, 0.1) is 12.8 Å². The van der Waals surface area contributed by atoms with Crippen LogP contribution in [0.1, 0.15) is 29.9 Å². The summed E-state index contributed by atoms with van der Waals surface area (Å²) < 4.78 is 5.07. The van der Waals surface area contributed by atoms with E-state index in [4.69, 9.17) is 4.74 Å². The average molecular weight is 347 g/mol. The van der Waals surface area contributed by atoms with Gasteiger partial charge >= 0.3 is 0 Å². The maximum Gasteiger partial charge on any atom is 0.251 e. The number of aryl methyl sites for hydroxylation is 1. The van der Waals surface area contributed by atoms with Crippen LogP contribution in [-0.4, -0.2) is 29.9 Å². The van der Waals surface area contributed by atoms with Gasteiger partial charge in [0.25, 0.3) is 5.91 Å². The highest BCUT2D eigenvalue weighted by molar-refractivity contribution is 7.13. The van der Waals surface area contributed by atoms with Gasteiger partial charge in [-0.1, -0.05) is 13.8 Å². The normalized spacial score (nSPS) is 11.9. The average Bonchev–Trinajstić information content (AvgIpc) is 2.96. The van der Waals surface area contributed by atoms with Gasteiger partial charge in [-0.25, -0.2) is 4.98 Å². The third kappa shape index (κ3) is 4.55. The first-order valence-electron chi connectivity index (χ1n) is 7.58. The summed E-state index contributed by atoms with van der Waals surface area (Å²) in [6, 6.07) is 6.08. The summed E-state index contributed by atoms with van der Waals surface area (Å²) in [6.07, 6.45) is 0. The van der Waals surface area contributed by atoms with Crippen LogP contribution in [0.25, 0.3) is 0 Å². The van der Waals surface area contributed by atoms with E-state index >= 15 is 0 Å². The highest BCUT2D eigenvalue weighted by Crippen LogP contribution is 2.16. The Morgan fingerprint density at radius 1 is 1.21 bits per heavy atom. The topological polar surface area (TPSA) is 80.3 Å². The van der Waals surface area contributed by atoms with Gasteiger partial charge in [0.2, 0.25) is 5.91 Å². The summed E-state index contributed by atoms with van der Waals surface area (Å²) in [5.41, 5.74) is 1.32. The summed E-state index contributed by atoms with van der Waals surface area (Å²) in [5.74, 6) is 0.0279. The van der Waals surface area contributed by atoms with Crippen molar-refractivity contribution in [1.29, 1.82) is 0 Å². The van der Waals surface area contributed by atoms with Crippen LogP contribution in [0.15, 0.2) is 29.6 Å². The quantitative estimate of drug-likeness (QED) is 0.842. The Labute approximate surface area is 145 Å². The van der Waals surface area contributed by atoms with E-state index in [1.54, 1.807) is 31.4 Å². The molecule has 0 aliphatic carbocycles. The van der Waals surface area contributed by atoms with Crippen molar-refractivity contribution in [2.75, 3.05) is 12.4 Å². The maximum atomic E-state index is 12.5. The first kappa shape index (κ1) is 17.9. The van der Waals surface area contributed by atoms with Crippen LogP contribution in [0.3, 0.4) is 0 Å². The second-order valence-electron chi connectivity index (χ2n) is 5.71. The van der Waals surface area contributed by atoms with Crippen molar-refractivity contribution in [2.24, 2.45) is 5.92 Å². The van der Waals surface area contributed by atoms with Crippen molar-refractivity contribution < 1.29 is 14.3 Å². The number of methoxy groups -OCH3 is 1. The highest BCUT2D eigenvalue weighted by Gasteiger charge is 2.25. The molecule has 1 heterocycles. The molecule has 0 aliphatic heterocycles. The zero-order valence-electron chi connectivity index (χ0n) is 14.1. The number of nitrogens with zero attached hydrogens (tertiary/aromatic N) is 1. The van der Waals surface area contributed by atoms with Crippen LogP contribution in [0.4, 0.5) is 5.13 Å². The number of carbonyl (C=O) groups is 2. The zero-order chi connectivity index (χ0) is 17.7. The fraction of sp³-hybridized carbons (Fsp3) is 0.353. The number of rotatable bonds is 6. The molecule has 0 unspecified atom stereocenters. The smallest absolute Gasteiger partial charge is 0.251 e. The standard InChI is InChI=1S/C17H21N3O3S/c1-10(2)14(16(22)20-17-18-11(3)9-24-17)19-15(21)12-5-7-13(23-4)8-6-12/h5-10,14H,1-4H3,(H,19,21)(H,18,20,22)/t14-/m0/s1. The highest BCUT2D eigenvalue weighted by atomic mass is 32.1. The molecule has 0 saturated carbocycles. The molecule has 128 valence electrons. The molecule has 7 heteroatoms. The lowest BCUT2D eigenvalue weighted by atomic mass is 10.0. The fourth-order valence-electron chi connectivity index (χ4n) is 2.10. The Kier molecular flexibility index (Phi) is 5.92. The van der Waals surface area contributed by atoms with E-state index in [1.165, 1.54) is 11.3 Å². The number of thiazole rings is 1. The number of hydrogen-bond acceptors (Lipinski definition) is 5. The van der Waals surface area contributed by atoms with E-state index in [0.29, 0.717) is 16.4 Å². The maximum absolute atomic E-state index is 12.5.